The molecular weight excluding hydrogens is 396 g/mol. The molecule has 1 N–H and O–H groups in total. The predicted molar refractivity (Wildman–Crippen MR) is 119 cm³/mol. The molecule has 6 nitrogen and oxygen atoms in total. The first-order valence-corrected chi connectivity index (χ1v) is 10.7. The van der Waals surface area contributed by atoms with Crippen LogP contribution in [0, 0.1) is 13.8 Å². The second-order valence-electron chi connectivity index (χ2n) is 7.18. The summed E-state index contributed by atoms with van der Waals surface area (Å²) in [7, 11) is 0. The van der Waals surface area contributed by atoms with Crippen molar-refractivity contribution in [3.05, 3.63) is 77.1 Å². The third-order valence-electron chi connectivity index (χ3n) is 4.84. The fourth-order valence-electron chi connectivity index (χ4n) is 3.49. The van der Waals surface area contributed by atoms with Crippen LogP contribution in [0.5, 0.6) is 0 Å². The molecule has 2 amide bonds. The number of aromatic nitrogens is 2. The minimum Gasteiger partial charge on any atom is -0.325 e. The lowest BCUT2D eigenvalue weighted by molar-refractivity contribution is -0.113. The van der Waals surface area contributed by atoms with Crippen molar-refractivity contribution in [3.8, 4) is 0 Å². The molecule has 2 heterocycles. The van der Waals surface area contributed by atoms with Gasteiger partial charge in [0.15, 0.2) is 5.16 Å². The van der Waals surface area contributed by atoms with Crippen molar-refractivity contribution in [3.63, 3.8) is 0 Å². The topological polar surface area (TPSA) is 75.2 Å². The zero-order valence-electron chi connectivity index (χ0n) is 16.9. The highest BCUT2D eigenvalue weighted by molar-refractivity contribution is 7.99. The Labute approximate surface area is 179 Å². The lowest BCUT2D eigenvalue weighted by atomic mass is 10.1. The Morgan fingerprint density at radius 1 is 1.03 bits per heavy atom. The number of aryl methyl sites for hydroxylation is 2. The van der Waals surface area contributed by atoms with Gasteiger partial charge < -0.3 is 10.2 Å². The van der Waals surface area contributed by atoms with Crippen molar-refractivity contribution >= 4 is 35.0 Å². The fraction of sp³-hybridized carbons (Fsp3) is 0.217. The van der Waals surface area contributed by atoms with E-state index in [1.165, 1.54) is 17.3 Å². The van der Waals surface area contributed by atoms with Crippen LogP contribution in [0.15, 0.2) is 59.8 Å². The number of carbonyl (C=O) groups excluding carboxylic acids is 2. The molecule has 0 fully saturated rings. The summed E-state index contributed by atoms with van der Waals surface area (Å²) < 4.78 is 0. The molecule has 0 radical (unpaired) electrons. The van der Waals surface area contributed by atoms with Crippen LogP contribution >= 0.6 is 11.8 Å². The molecule has 0 aliphatic carbocycles. The summed E-state index contributed by atoms with van der Waals surface area (Å²) in [5.74, 6) is 0.0457. The van der Waals surface area contributed by atoms with Gasteiger partial charge in [0.05, 0.1) is 5.75 Å². The number of benzene rings is 2. The molecule has 3 aromatic rings. The molecule has 1 aliphatic rings. The molecule has 1 aromatic heterocycles. The lowest BCUT2D eigenvalue weighted by Gasteiger charge is -2.17. The summed E-state index contributed by atoms with van der Waals surface area (Å²) in [5.41, 5.74) is 5.19. The minimum atomic E-state index is -0.143. The molecule has 0 saturated heterocycles. The van der Waals surface area contributed by atoms with Gasteiger partial charge in [0.2, 0.25) is 5.91 Å². The second kappa shape index (κ2) is 8.67. The fourth-order valence-corrected chi connectivity index (χ4v) is 4.24. The van der Waals surface area contributed by atoms with Crippen LogP contribution in [0.4, 0.5) is 11.4 Å². The Balaban J connectivity index is 1.35. The van der Waals surface area contributed by atoms with Crippen LogP contribution in [0.1, 0.15) is 27.3 Å². The predicted octanol–water partition coefficient (Wildman–Crippen LogP) is 4.03. The summed E-state index contributed by atoms with van der Waals surface area (Å²) in [6.07, 6.45) is 0.873. The Morgan fingerprint density at radius 3 is 2.47 bits per heavy atom. The number of rotatable bonds is 5. The number of para-hydroxylation sites is 1. The van der Waals surface area contributed by atoms with Gasteiger partial charge in [-0.1, -0.05) is 30.0 Å². The summed E-state index contributed by atoms with van der Waals surface area (Å²) in [6.45, 7) is 4.50. The van der Waals surface area contributed by atoms with Crippen LogP contribution < -0.4 is 10.2 Å². The molecule has 0 unspecified atom stereocenters. The molecule has 0 spiro atoms. The van der Waals surface area contributed by atoms with E-state index in [1.54, 1.807) is 24.3 Å². The summed E-state index contributed by atoms with van der Waals surface area (Å²) in [5, 5.41) is 3.44. The Bertz CT molecular complexity index is 1080. The molecule has 2 aromatic carbocycles. The molecule has 4 rings (SSSR count). The first-order valence-electron chi connectivity index (χ1n) is 9.74. The van der Waals surface area contributed by atoms with Crippen LogP contribution in [0.25, 0.3) is 0 Å². The normalized spacial score (nSPS) is 12.5. The molecule has 30 heavy (non-hydrogen) atoms. The number of fused-ring (bicyclic) bond motifs is 1. The maximum absolute atomic E-state index is 12.9. The van der Waals surface area contributed by atoms with E-state index in [4.69, 9.17) is 0 Å². The highest BCUT2D eigenvalue weighted by Gasteiger charge is 2.25. The first kappa shape index (κ1) is 20.1. The van der Waals surface area contributed by atoms with Gasteiger partial charge in [-0.15, -0.1) is 0 Å². The van der Waals surface area contributed by atoms with E-state index in [1.807, 2.05) is 43.0 Å². The van der Waals surface area contributed by atoms with Crippen molar-refractivity contribution in [1.82, 2.24) is 9.97 Å². The first-order chi connectivity index (χ1) is 14.5. The maximum atomic E-state index is 12.9. The van der Waals surface area contributed by atoms with Gasteiger partial charge in [0.1, 0.15) is 0 Å². The number of carbonyl (C=O) groups is 2. The number of amides is 2. The number of hydrogen-bond donors (Lipinski definition) is 1. The van der Waals surface area contributed by atoms with Gasteiger partial charge in [0, 0.05) is 34.9 Å². The van der Waals surface area contributed by atoms with Gasteiger partial charge in [-0.25, -0.2) is 9.97 Å². The highest BCUT2D eigenvalue weighted by atomic mass is 32.2. The maximum Gasteiger partial charge on any atom is 0.258 e. The lowest BCUT2D eigenvalue weighted by Crippen LogP contribution is -2.28. The van der Waals surface area contributed by atoms with E-state index in [0.29, 0.717) is 23.0 Å². The zero-order chi connectivity index (χ0) is 21.1. The van der Waals surface area contributed by atoms with Gasteiger partial charge in [-0.3, -0.25) is 9.59 Å². The van der Waals surface area contributed by atoms with Crippen molar-refractivity contribution < 1.29 is 9.59 Å². The van der Waals surface area contributed by atoms with Crippen LogP contribution in [0.2, 0.25) is 0 Å². The van der Waals surface area contributed by atoms with Crippen molar-refractivity contribution in [2.45, 2.75) is 25.4 Å². The Hall–Kier alpha value is -3.19. The monoisotopic (exact) mass is 418 g/mol. The van der Waals surface area contributed by atoms with Crippen molar-refractivity contribution in [1.29, 1.82) is 0 Å². The number of hydrogen-bond acceptors (Lipinski definition) is 5. The van der Waals surface area contributed by atoms with E-state index < -0.39 is 0 Å². The van der Waals surface area contributed by atoms with Crippen LogP contribution in [-0.4, -0.2) is 34.1 Å². The molecule has 7 heteroatoms. The van der Waals surface area contributed by atoms with E-state index in [2.05, 4.69) is 21.4 Å². The SMILES string of the molecule is Cc1cc(C)nc(SCC(=O)Nc2ccc(C(=O)N3CCc4ccccc43)cc2)n1. The third kappa shape index (κ3) is 4.52. The molecule has 0 atom stereocenters. The van der Waals surface area contributed by atoms with E-state index in [0.717, 1.165) is 23.5 Å². The Kier molecular flexibility index (Phi) is 5.81. The second-order valence-corrected chi connectivity index (χ2v) is 8.13. The number of anilines is 2. The summed E-state index contributed by atoms with van der Waals surface area (Å²) in [6, 6.07) is 16.9. The van der Waals surface area contributed by atoms with Gasteiger partial charge in [-0.2, -0.15) is 0 Å². The standard InChI is InChI=1S/C23H22N4O2S/c1-15-13-16(2)25-23(24-15)30-14-21(28)26-19-9-7-18(8-10-19)22(29)27-12-11-17-5-3-4-6-20(17)27/h3-10,13H,11-12,14H2,1-2H3,(H,26,28). The molecule has 0 bridgehead atoms. The highest BCUT2D eigenvalue weighted by Crippen LogP contribution is 2.29. The largest absolute Gasteiger partial charge is 0.325 e. The minimum absolute atomic E-state index is 0.0275. The Morgan fingerprint density at radius 2 is 1.73 bits per heavy atom. The van der Waals surface area contributed by atoms with E-state index >= 15 is 0 Å². The van der Waals surface area contributed by atoms with Gasteiger partial charge >= 0.3 is 0 Å². The van der Waals surface area contributed by atoms with Crippen LogP contribution in [-0.2, 0) is 11.2 Å². The zero-order valence-corrected chi connectivity index (χ0v) is 17.7. The smallest absolute Gasteiger partial charge is 0.258 e. The summed E-state index contributed by atoms with van der Waals surface area (Å²) >= 11 is 1.30. The third-order valence-corrected chi connectivity index (χ3v) is 5.69. The van der Waals surface area contributed by atoms with Gasteiger partial charge in [-0.05, 0) is 62.2 Å². The number of nitrogens with one attached hydrogen (secondary N) is 1. The summed E-state index contributed by atoms with van der Waals surface area (Å²) in [4.78, 5) is 35.6. The number of nitrogens with zero attached hydrogens (tertiary/aromatic N) is 3. The van der Waals surface area contributed by atoms with Crippen molar-refractivity contribution in [2.75, 3.05) is 22.5 Å². The van der Waals surface area contributed by atoms with Crippen LogP contribution in [0.3, 0.4) is 0 Å². The average Bonchev–Trinajstić information content (AvgIpc) is 3.16. The molecule has 0 saturated carbocycles. The van der Waals surface area contributed by atoms with Gasteiger partial charge in [0.25, 0.3) is 5.91 Å². The molecule has 1 aliphatic heterocycles. The van der Waals surface area contributed by atoms with E-state index in [-0.39, 0.29) is 17.6 Å². The van der Waals surface area contributed by atoms with Crippen molar-refractivity contribution in [2.24, 2.45) is 0 Å². The quantitative estimate of drug-likeness (QED) is 0.500. The number of thioether (sulfide) groups is 1. The molecular formula is C23H22N4O2S. The molecule has 152 valence electrons. The van der Waals surface area contributed by atoms with E-state index in [9.17, 15) is 9.59 Å². The average molecular weight is 419 g/mol.